The predicted molar refractivity (Wildman–Crippen MR) is 104 cm³/mol. The Hall–Kier alpha value is -2.73. The van der Waals surface area contributed by atoms with Gasteiger partial charge in [-0.25, -0.2) is 9.37 Å². The highest BCUT2D eigenvalue weighted by molar-refractivity contribution is 7.09. The van der Waals surface area contributed by atoms with Crippen molar-refractivity contribution in [2.24, 2.45) is 0 Å². The van der Waals surface area contributed by atoms with Gasteiger partial charge < -0.3 is 9.64 Å². The number of hydrogen-bond acceptors (Lipinski definition) is 4. The lowest BCUT2D eigenvalue weighted by molar-refractivity contribution is 0.0736. The maximum absolute atomic E-state index is 14.0. The molecule has 4 nitrogen and oxygen atoms in total. The molecule has 2 aromatic carbocycles. The zero-order chi connectivity index (χ0) is 19.1. The number of aromatic nitrogens is 1. The second-order valence-electron chi connectivity index (χ2n) is 6.04. The van der Waals surface area contributed by atoms with E-state index in [0.717, 1.165) is 22.9 Å². The standard InChI is InChI=1S/C21H21FN2O2S/c1-2-12-24(21(25)18-10-6-7-11-19(18)22)13-16-15-27-20(23-16)14-26-17-8-4-3-5-9-17/h3-11,15H,2,12-14H2,1H3. The molecular formula is C21H21FN2O2S. The minimum absolute atomic E-state index is 0.0915. The summed E-state index contributed by atoms with van der Waals surface area (Å²) < 4.78 is 19.7. The number of ether oxygens (including phenoxy) is 1. The van der Waals surface area contributed by atoms with Gasteiger partial charge in [-0.05, 0) is 30.7 Å². The Labute approximate surface area is 162 Å². The largest absolute Gasteiger partial charge is 0.486 e. The molecule has 27 heavy (non-hydrogen) atoms. The van der Waals surface area contributed by atoms with Gasteiger partial charge in [0.15, 0.2) is 0 Å². The summed E-state index contributed by atoms with van der Waals surface area (Å²) in [6, 6.07) is 15.6. The van der Waals surface area contributed by atoms with E-state index in [1.165, 1.54) is 23.5 Å². The first kappa shape index (κ1) is 19.0. The molecule has 0 radical (unpaired) electrons. The zero-order valence-electron chi connectivity index (χ0n) is 15.1. The third kappa shape index (κ3) is 5.14. The van der Waals surface area contributed by atoms with Crippen LogP contribution in [0.1, 0.15) is 34.4 Å². The fourth-order valence-corrected chi connectivity index (χ4v) is 3.37. The molecule has 1 heterocycles. The zero-order valence-corrected chi connectivity index (χ0v) is 15.9. The molecule has 3 aromatic rings. The molecule has 0 fully saturated rings. The molecule has 0 aliphatic carbocycles. The van der Waals surface area contributed by atoms with Gasteiger partial charge in [-0.3, -0.25) is 4.79 Å². The highest BCUT2D eigenvalue weighted by atomic mass is 32.1. The summed E-state index contributed by atoms with van der Waals surface area (Å²) in [4.78, 5) is 18.9. The molecule has 0 unspecified atom stereocenters. The van der Waals surface area contributed by atoms with Crippen LogP contribution in [0.15, 0.2) is 60.0 Å². The van der Waals surface area contributed by atoms with Crippen molar-refractivity contribution < 1.29 is 13.9 Å². The molecule has 6 heteroatoms. The van der Waals surface area contributed by atoms with Crippen molar-refractivity contribution in [3.63, 3.8) is 0 Å². The molecule has 3 rings (SSSR count). The van der Waals surface area contributed by atoms with E-state index >= 15 is 0 Å². The normalized spacial score (nSPS) is 10.6. The fraction of sp³-hybridized carbons (Fsp3) is 0.238. The summed E-state index contributed by atoms with van der Waals surface area (Å²) in [5.74, 6) is -0.0274. The van der Waals surface area contributed by atoms with E-state index in [1.807, 2.05) is 42.6 Å². The van der Waals surface area contributed by atoms with Crippen LogP contribution >= 0.6 is 11.3 Å². The van der Waals surface area contributed by atoms with E-state index in [1.54, 1.807) is 17.0 Å². The molecule has 140 valence electrons. The molecule has 0 saturated heterocycles. The molecule has 0 aliphatic rings. The maximum Gasteiger partial charge on any atom is 0.257 e. The Morgan fingerprint density at radius 2 is 1.89 bits per heavy atom. The van der Waals surface area contributed by atoms with Gasteiger partial charge in [0.05, 0.1) is 17.8 Å². The van der Waals surface area contributed by atoms with Crippen molar-refractivity contribution >= 4 is 17.2 Å². The van der Waals surface area contributed by atoms with Crippen molar-refractivity contribution in [3.8, 4) is 5.75 Å². The van der Waals surface area contributed by atoms with Gasteiger partial charge in [0, 0.05) is 11.9 Å². The van der Waals surface area contributed by atoms with Crippen molar-refractivity contribution in [2.75, 3.05) is 6.54 Å². The Bertz CT molecular complexity index is 883. The molecule has 0 saturated carbocycles. The number of amides is 1. The van der Waals surface area contributed by atoms with E-state index in [0.29, 0.717) is 19.7 Å². The highest BCUT2D eigenvalue weighted by Crippen LogP contribution is 2.18. The van der Waals surface area contributed by atoms with Crippen LogP contribution in [0.2, 0.25) is 0 Å². The Kier molecular flexibility index (Phi) is 6.54. The first-order valence-electron chi connectivity index (χ1n) is 8.82. The predicted octanol–water partition coefficient (Wildman–Crippen LogP) is 4.91. The van der Waals surface area contributed by atoms with Gasteiger partial charge in [-0.15, -0.1) is 11.3 Å². The molecule has 1 aromatic heterocycles. The molecule has 0 bridgehead atoms. The number of halogens is 1. The molecule has 0 spiro atoms. The van der Waals surface area contributed by atoms with Crippen LogP contribution < -0.4 is 4.74 Å². The topological polar surface area (TPSA) is 42.4 Å². The lowest BCUT2D eigenvalue weighted by atomic mass is 10.1. The number of rotatable bonds is 8. The van der Waals surface area contributed by atoms with E-state index in [-0.39, 0.29) is 11.5 Å². The van der Waals surface area contributed by atoms with Gasteiger partial charge in [-0.2, -0.15) is 0 Å². The van der Waals surface area contributed by atoms with Crippen LogP contribution in [0.5, 0.6) is 5.75 Å². The number of nitrogens with zero attached hydrogens (tertiary/aromatic N) is 2. The van der Waals surface area contributed by atoms with Gasteiger partial charge in [-0.1, -0.05) is 37.3 Å². The van der Waals surface area contributed by atoms with Crippen molar-refractivity contribution in [1.82, 2.24) is 9.88 Å². The summed E-state index contributed by atoms with van der Waals surface area (Å²) in [5.41, 5.74) is 0.874. The number of carbonyl (C=O) groups excluding carboxylic acids is 1. The number of para-hydroxylation sites is 1. The molecule has 0 N–H and O–H groups in total. The summed E-state index contributed by atoms with van der Waals surface area (Å²) in [6.07, 6.45) is 0.786. The van der Waals surface area contributed by atoms with Crippen LogP contribution in [0, 0.1) is 5.82 Å². The molecule has 0 aliphatic heterocycles. The van der Waals surface area contributed by atoms with Crippen molar-refractivity contribution in [1.29, 1.82) is 0 Å². The lowest BCUT2D eigenvalue weighted by Crippen LogP contribution is -2.32. The summed E-state index contributed by atoms with van der Waals surface area (Å²) in [6.45, 7) is 3.26. The minimum atomic E-state index is -0.501. The van der Waals surface area contributed by atoms with Crippen LogP contribution in [0.4, 0.5) is 4.39 Å². The van der Waals surface area contributed by atoms with Crippen LogP contribution in [-0.2, 0) is 13.2 Å². The Morgan fingerprint density at radius 1 is 1.15 bits per heavy atom. The first-order chi connectivity index (χ1) is 13.2. The number of hydrogen-bond donors (Lipinski definition) is 0. The molecular weight excluding hydrogens is 363 g/mol. The van der Waals surface area contributed by atoms with E-state index in [2.05, 4.69) is 4.98 Å². The molecule has 0 atom stereocenters. The summed E-state index contributed by atoms with van der Waals surface area (Å²) in [7, 11) is 0. The molecule has 1 amide bonds. The lowest BCUT2D eigenvalue weighted by Gasteiger charge is -2.21. The highest BCUT2D eigenvalue weighted by Gasteiger charge is 2.19. The van der Waals surface area contributed by atoms with Gasteiger partial charge >= 0.3 is 0 Å². The maximum atomic E-state index is 14.0. The summed E-state index contributed by atoms with van der Waals surface area (Å²) in [5, 5.41) is 2.75. The number of carbonyl (C=O) groups is 1. The third-order valence-electron chi connectivity index (χ3n) is 3.94. The summed E-state index contributed by atoms with van der Waals surface area (Å²) >= 11 is 1.49. The van der Waals surface area contributed by atoms with Gasteiger partial charge in [0.2, 0.25) is 0 Å². The second kappa shape index (κ2) is 9.28. The first-order valence-corrected chi connectivity index (χ1v) is 9.70. The Balaban J connectivity index is 1.65. The average Bonchev–Trinajstić information content (AvgIpc) is 3.14. The monoisotopic (exact) mass is 384 g/mol. The smallest absolute Gasteiger partial charge is 0.257 e. The van der Waals surface area contributed by atoms with Gasteiger partial charge in [0.25, 0.3) is 5.91 Å². The number of benzene rings is 2. The van der Waals surface area contributed by atoms with Crippen LogP contribution in [0.3, 0.4) is 0 Å². The van der Waals surface area contributed by atoms with Crippen molar-refractivity contribution in [3.05, 3.63) is 82.1 Å². The second-order valence-corrected chi connectivity index (χ2v) is 6.98. The third-order valence-corrected chi connectivity index (χ3v) is 4.81. The van der Waals surface area contributed by atoms with E-state index in [9.17, 15) is 9.18 Å². The Morgan fingerprint density at radius 3 is 2.63 bits per heavy atom. The fourth-order valence-electron chi connectivity index (χ4n) is 2.67. The number of thiazole rings is 1. The SMILES string of the molecule is CCCN(Cc1csc(COc2ccccc2)n1)C(=O)c1ccccc1F. The van der Waals surface area contributed by atoms with Crippen LogP contribution in [0.25, 0.3) is 0 Å². The van der Waals surface area contributed by atoms with Gasteiger partial charge in [0.1, 0.15) is 23.2 Å². The van der Waals surface area contributed by atoms with Crippen molar-refractivity contribution in [2.45, 2.75) is 26.5 Å². The van der Waals surface area contributed by atoms with E-state index in [4.69, 9.17) is 4.74 Å². The van der Waals surface area contributed by atoms with Crippen LogP contribution in [-0.4, -0.2) is 22.3 Å². The average molecular weight is 384 g/mol. The quantitative estimate of drug-likeness (QED) is 0.554. The minimum Gasteiger partial charge on any atom is -0.486 e. The van der Waals surface area contributed by atoms with E-state index < -0.39 is 5.82 Å².